The molecule has 110 valence electrons. The summed E-state index contributed by atoms with van der Waals surface area (Å²) in [6.07, 6.45) is 6.20. The minimum atomic E-state index is 0.167. The molecule has 0 bridgehead atoms. The number of carbonyl (C=O) groups is 1. The van der Waals surface area contributed by atoms with Crippen LogP contribution < -0.4 is 5.32 Å². The average Bonchev–Trinajstić information content (AvgIpc) is 2.43. The fourth-order valence-electron chi connectivity index (χ4n) is 2.86. The summed E-state index contributed by atoms with van der Waals surface area (Å²) in [6.45, 7) is 4.23. The van der Waals surface area contributed by atoms with Crippen LogP contribution in [0.4, 0.5) is 0 Å². The summed E-state index contributed by atoms with van der Waals surface area (Å²) in [5.41, 5.74) is 2.21. The van der Waals surface area contributed by atoms with Gasteiger partial charge in [-0.1, -0.05) is 43.5 Å². The van der Waals surface area contributed by atoms with Crippen molar-refractivity contribution in [3.05, 3.63) is 34.3 Å². The van der Waals surface area contributed by atoms with Crippen molar-refractivity contribution in [2.24, 2.45) is 5.92 Å². The van der Waals surface area contributed by atoms with E-state index in [0.29, 0.717) is 18.4 Å². The van der Waals surface area contributed by atoms with Crippen molar-refractivity contribution in [3.8, 4) is 0 Å². The molecule has 1 saturated carbocycles. The fraction of sp³-hybridized carbons (Fsp3) is 0.588. The van der Waals surface area contributed by atoms with Gasteiger partial charge in [0.15, 0.2) is 0 Å². The van der Waals surface area contributed by atoms with E-state index in [1.54, 1.807) is 0 Å². The van der Waals surface area contributed by atoms with Crippen LogP contribution >= 0.6 is 11.6 Å². The van der Waals surface area contributed by atoms with Crippen LogP contribution in [-0.4, -0.2) is 11.9 Å². The number of benzene rings is 1. The number of amides is 1. The van der Waals surface area contributed by atoms with Gasteiger partial charge in [0.2, 0.25) is 5.91 Å². The van der Waals surface area contributed by atoms with Crippen molar-refractivity contribution in [3.63, 3.8) is 0 Å². The Hall–Kier alpha value is -1.02. The Morgan fingerprint density at radius 2 is 2.10 bits per heavy atom. The monoisotopic (exact) mass is 293 g/mol. The van der Waals surface area contributed by atoms with Gasteiger partial charge in [0.05, 0.1) is 0 Å². The Balaban J connectivity index is 1.81. The molecule has 1 N–H and O–H groups in total. The third-order valence-electron chi connectivity index (χ3n) is 4.33. The molecular formula is C17H24ClNO. The first-order valence-corrected chi connectivity index (χ1v) is 7.98. The number of nitrogens with one attached hydrogen (secondary N) is 1. The average molecular weight is 294 g/mol. The molecular weight excluding hydrogens is 270 g/mol. The molecule has 0 spiro atoms. The van der Waals surface area contributed by atoms with Crippen LogP contribution in [0.15, 0.2) is 18.2 Å². The second kappa shape index (κ2) is 7.12. The third-order valence-corrected chi connectivity index (χ3v) is 4.74. The molecule has 3 heteroatoms. The predicted octanol–water partition coefficient (Wildman–Crippen LogP) is 4.28. The maximum Gasteiger partial charge on any atom is 0.220 e. The molecule has 1 aromatic rings. The first kappa shape index (κ1) is 15.4. The van der Waals surface area contributed by atoms with E-state index in [4.69, 9.17) is 11.6 Å². The van der Waals surface area contributed by atoms with Crippen molar-refractivity contribution in [2.45, 2.75) is 58.4 Å². The van der Waals surface area contributed by atoms with Crippen molar-refractivity contribution in [1.82, 2.24) is 5.32 Å². The Labute approximate surface area is 126 Å². The van der Waals surface area contributed by atoms with Crippen molar-refractivity contribution >= 4 is 17.5 Å². The fourth-order valence-corrected chi connectivity index (χ4v) is 3.06. The summed E-state index contributed by atoms with van der Waals surface area (Å²) in [7, 11) is 0. The van der Waals surface area contributed by atoms with Crippen LogP contribution in [0.25, 0.3) is 0 Å². The highest BCUT2D eigenvalue weighted by Crippen LogP contribution is 2.24. The summed E-state index contributed by atoms with van der Waals surface area (Å²) in [4.78, 5) is 12.0. The summed E-state index contributed by atoms with van der Waals surface area (Å²) < 4.78 is 0. The lowest BCUT2D eigenvalue weighted by molar-refractivity contribution is -0.122. The van der Waals surface area contributed by atoms with Crippen LogP contribution in [-0.2, 0) is 11.2 Å². The van der Waals surface area contributed by atoms with E-state index in [0.717, 1.165) is 29.0 Å². The number of rotatable bonds is 4. The van der Waals surface area contributed by atoms with Gasteiger partial charge < -0.3 is 5.32 Å². The van der Waals surface area contributed by atoms with E-state index >= 15 is 0 Å². The van der Waals surface area contributed by atoms with E-state index < -0.39 is 0 Å². The normalized spacial score (nSPS) is 22.6. The minimum Gasteiger partial charge on any atom is -0.353 e. The lowest BCUT2D eigenvalue weighted by atomic mass is 9.86. The third kappa shape index (κ3) is 4.24. The molecule has 1 amide bonds. The van der Waals surface area contributed by atoms with Gasteiger partial charge in [-0.05, 0) is 49.3 Å². The Kier molecular flexibility index (Phi) is 5.47. The van der Waals surface area contributed by atoms with Crippen molar-refractivity contribution in [2.75, 3.05) is 0 Å². The molecule has 0 radical (unpaired) electrons. The molecule has 2 rings (SSSR count). The maximum atomic E-state index is 12.0. The molecule has 0 aliphatic heterocycles. The number of halogens is 1. The van der Waals surface area contributed by atoms with Crippen LogP contribution in [0.2, 0.25) is 5.02 Å². The Morgan fingerprint density at radius 1 is 1.35 bits per heavy atom. The summed E-state index contributed by atoms with van der Waals surface area (Å²) in [6, 6.07) is 6.40. The first-order valence-electron chi connectivity index (χ1n) is 7.60. The minimum absolute atomic E-state index is 0.167. The molecule has 0 aromatic heterocycles. The molecule has 1 aliphatic rings. The van der Waals surface area contributed by atoms with Crippen LogP contribution in [0.3, 0.4) is 0 Å². The zero-order chi connectivity index (χ0) is 14.5. The zero-order valence-corrected chi connectivity index (χ0v) is 13.2. The molecule has 1 aliphatic carbocycles. The number of aryl methyl sites for hydroxylation is 2. The zero-order valence-electron chi connectivity index (χ0n) is 12.4. The maximum absolute atomic E-state index is 12.0. The molecule has 2 atom stereocenters. The van der Waals surface area contributed by atoms with Gasteiger partial charge >= 0.3 is 0 Å². The lowest BCUT2D eigenvalue weighted by Crippen LogP contribution is -2.41. The van der Waals surface area contributed by atoms with E-state index in [1.165, 1.54) is 19.3 Å². The van der Waals surface area contributed by atoms with E-state index in [-0.39, 0.29) is 5.91 Å². The van der Waals surface area contributed by atoms with Gasteiger partial charge in [-0.15, -0.1) is 0 Å². The molecule has 0 saturated heterocycles. The van der Waals surface area contributed by atoms with Crippen LogP contribution in [0.5, 0.6) is 0 Å². The highest BCUT2D eigenvalue weighted by Gasteiger charge is 2.22. The molecule has 20 heavy (non-hydrogen) atoms. The van der Waals surface area contributed by atoms with E-state index in [9.17, 15) is 4.79 Å². The standard InChI is InChI=1S/C17H24ClNO/c1-12-7-8-14(11-15(12)18)9-10-17(20)19-16-6-4-3-5-13(16)2/h7-8,11,13,16H,3-6,9-10H2,1-2H3,(H,19,20)/t13-,16-/m0/s1. The topological polar surface area (TPSA) is 29.1 Å². The van der Waals surface area contributed by atoms with Gasteiger partial charge in [-0.2, -0.15) is 0 Å². The highest BCUT2D eigenvalue weighted by molar-refractivity contribution is 6.31. The second-order valence-electron chi connectivity index (χ2n) is 6.02. The quantitative estimate of drug-likeness (QED) is 0.882. The lowest BCUT2D eigenvalue weighted by Gasteiger charge is -2.29. The summed E-state index contributed by atoms with van der Waals surface area (Å²) in [5.74, 6) is 0.780. The molecule has 2 nitrogen and oxygen atoms in total. The van der Waals surface area contributed by atoms with Crippen LogP contribution in [0.1, 0.15) is 50.2 Å². The molecule has 0 heterocycles. The van der Waals surface area contributed by atoms with Crippen molar-refractivity contribution in [1.29, 1.82) is 0 Å². The number of hydrogen-bond donors (Lipinski definition) is 1. The largest absolute Gasteiger partial charge is 0.353 e. The van der Waals surface area contributed by atoms with Crippen LogP contribution in [0, 0.1) is 12.8 Å². The Morgan fingerprint density at radius 3 is 2.80 bits per heavy atom. The SMILES string of the molecule is Cc1ccc(CCC(=O)N[C@H]2CCCC[C@@H]2C)cc1Cl. The Bertz CT molecular complexity index is 472. The summed E-state index contributed by atoms with van der Waals surface area (Å²) in [5, 5.41) is 3.97. The summed E-state index contributed by atoms with van der Waals surface area (Å²) >= 11 is 6.10. The smallest absolute Gasteiger partial charge is 0.220 e. The van der Waals surface area contributed by atoms with Crippen molar-refractivity contribution < 1.29 is 4.79 Å². The van der Waals surface area contributed by atoms with E-state index in [2.05, 4.69) is 18.3 Å². The van der Waals surface area contributed by atoms with Gasteiger partial charge in [0.25, 0.3) is 0 Å². The predicted molar refractivity (Wildman–Crippen MR) is 84.1 cm³/mol. The van der Waals surface area contributed by atoms with Gasteiger partial charge in [-0.25, -0.2) is 0 Å². The molecule has 1 fully saturated rings. The first-order chi connectivity index (χ1) is 9.56. The molecule has 0 unspecified atom stereocenters. The van der Waals surface area contributed by atoms with Gasteiger partial charge in [0.1, 0.15) is 0 Å². The van der Waals surface area contributed by atoms with Gasteiger partial charge in [0, 0.05) is 17.5 Å². The second-order valence-corrected chi connectivity index (χ2v) is 6.43. The highest BCUT2D eigenvalue weighted by atomic mass is 35.5. The van der Waals surface area contributed by atoms with E-state index in [1.807, 2.05) is 19.1 Å². The number of carbonyl (C=O) groups excluding carboxylic acids is 1. The van der Waals surface area contributed by atoms with Gasteiger partial charge in [-0.3, -0.25) is 4.79 Å². The number of hydrogen-bond acceptors (Lipinski definition) is 1. The molecule has 1 aromatic carbocycles.